The zero-order chi connectivity index (χ0) is 25.8. The molecule has 1 aromatic heterocycles. The van der Waals surface area contributed by atoms with Crippen molar-refractivity contribution in [2.75, 3.05) is 0 Å². The van der Waals surface area contributed by atoms with E-state index in [0.29, 0.717) is 38.0 Å². The fourth-order valence-electron chi connectivity index (χ4n) is 3.93. The molecule has 0 atom stereocenters. The van der Waals surface area contributed by atoms with E-state index in [1.165, 1.54) is 5.56 Å². The third-order valence-corrected chi connectivity index (χ3v) is 6.89. The largest absolute Gasteiger partial charge is 0.489 e. The Morgan fingerprint density at radius 2 is 1.56 bits per heavy atom. The monoisotopic (exact) mass is 539 g/mol. The third kappa shape index (κ3) is 5.98. The van der Waals surface area contributed by atoms with Crippen LogP contribution >= 0.6 is 34.8 Å². The molecule has 4 rings (SSSR count). The van der Waals surface area contributed by atoms with Crippen LogP contribution in [0.25, 0.3) is 23.4 Å². The normalized spacial score (nSPS) is 11.7. The van der Waals surface area contributed by atoms with E-state index in [4.69, 9.17) is 44.1 Å². The summed E-state index contributed by atoms with van der Waals surface area (Å²) in [6.07, 6.45) is 4.08. The van der Waals surface area contributed by atoms with Gasteiger partial charge in [-0.25, -0.2) is 0 Å². The molecule has 6 heteroatoms. The number of aromatic nitrogens is 1. The molecule has 0 amide bonds. The number of benzene rings is 3. The van der Waals surface area contributed by atoms with Crippen molar-refractivity contribution in [3.05, 3.63) is 104 Å². The van der Waals surface area contributed by atoms with Gasteiger partial charge in [0.05, 0.1) is 20.6 Å². The molecule has 186 valence electrons. The highest BCUT2D eigenvalue weighted by molar-refractivity contribution is 6.39. The Kier molecular flexibility index (Phi) is 8.46. The summed E-state index contributed by atoms with van der Waals surface area (Å²) in [5, 5.41) is 5.90. The first-order valence-corrected chi connectivity index (χ1v) is 13.0. The van der Waals surface area contributed by atoms with Gasteiger partial charge in [-0.05, 0) is 52.9 Å². The SMILES string of the molecule is CC(C)c1cccc(/C=C/c2ccc(OCc3c(-c4c(Cl)cccc4Cl)noc3C(C)C)cc2Cl)c1. The van der Waals surface area contributed by atoms with Gasteiger partial charge in [-0.2, -0.15) is 0 Å². The number of halogens is 3. The van der Waals surface area contributed by atoms with E-state index in [9.17, 15) is 0 Å². The van der Waals surface area contributed by atoms with Gasteiger partial charge in [0.25, 0.3) is 0 Å². The standard InChI is InChI=1S/C30H28Cl3NO2/c1-18(2)22-8-5-7-20(15-22)11-12-21-13-14-23(16-27(21)33)35-17-24-29(34-36-30(24)19(3)4)28-25(31)9-6-10-26(28)32/h5-16,18-19H,17H2,1-4H3/b12-11+. The van der Waals surface area contributed by atoms with E-state index in [0.717, 1.165) is 22.5 Å². The molecule has 0 radical (unpaired) electrons. The van der Waals surface area contributed by atoms with Crippen LogP contribution in [-0.4, -0.2) is 5.16 Å². The maximum absolute atomic E-state index is 6.59. The van der Waals surface area contributed by atoms with Crippen LogP contribution in [0.4, 0.5) is 0 Å². The van der Waals surface area contributed by atoms with Crippen LogP contribution in [0, 0.1) is 0 Å². The zero-order valence-electron chi connectivity index (χ0n) is 20.7. The Balaban J connectivity index is 1.55. The second-order valence-corrected chi connectivity index (χ2v) is 10.5. The van der Waals surface area contributed by atoms with Crippen LogP contribution in [0.15, 0.2) is 65.2 Å². The Labute approximate surface area is 227 Å². The third-order valence-electron chi connectivity index (χ3n) is 5.93. The molecule has 0 aliphatic rings. The molecule has 0 spiro atoms. The van der Waals surface area contributed by atoms with Crippen molar-refractivity contribution in [2.24, 2.45) is 0 Å². The van der Waals surface area contributed by atoms with Gasteiger partial charge in [-0.1, -0.05) is 110 Å². The first kappa shape index (κ1) is 26.3. The molecule has 0 saturated heterocycles. The fraction of sp³-hybridized carbons (Fsp3) is 0.233. The molecule has 0 aliphatic carbocycles. The Morgan fingerprint density at radius 1 is 0.833 bits per heavy atom. The van der Waals surface area contributed by atoms with Crippen molar-refractivity contribution in [2.45, 2.75) is 46.1 Å². The minimum absolute atomic E-state index is 0.108. The lowest BCUT2D eigenvalue weighted by atomic mass is 10.0. The number of hydrogen-bond acceptors (Lipinski definition) is 3. The highest BCUT2D eigenvalue weighted by atomic mass is 35.5. The van der Waals surface area contributed by atoms with Gasteiger partial charge < -0.3 is 9.26 Å². The van der Waals surface area contributed by atoms with Crippen LogP contribution in [0.5, 0.6) is 5.75 Å². The van der Waals surface area contributed by atoms with E-state index in [1.54, 1.807) is 18.2 Å². The molecule has 1 heterocycles. The summed E-state index contributed by atoms with van der Waals surface area (Å²) >= 11 is 19.5. The maximum Gasteiger partial charge on any atom is 0.146 e. The summed E-state index contributed by atoms with van der Waals surface area (Å²) in [5.41, 5.74) is 5.38. The van der Waals surface area contributed by atoms with Gasteiger partial charge in [0.1, 0.15) is 23.8 Å². The Bertz CT molecular complexity index is 1370. The lowest BCUT2D eigenvalue weighted by Gasteiger charge is -2.11. The van der Waals surface area contributed by atoms with Crippen molar-refractivity contribution in [1.29, 1.82) is 0 Å². The highest BCUT2D eigenvalue weighted by Crippen LogP contribution is 2.39. The summed E-state index contributed by atoms with van der Waals surface area (Å²) in [4.78, 5) is 0. The van der Waals surface area contributed by atoms with E-state index in [1.807, 2.05) is 38.1 Å². The minimum atomic E-state index is 0.108. The molecule has 0 unspecified atom stereocenters. The van der Waals surface area contributed by atoms with E-state index >= 15 is 0 Å². The average molecular weight is 541 g/mol. The molecule has 0 N–H and O–H groups in total. The molecular formula is C30H28Cl3NO2. The van der Waals surface area contributed by atoms with Crippen LogP contribution in [-0.2, 0) is 6.61 Å². The Hall–Kier alpha value is -2.72. The van der Waals surface area contributed by atoms with Gasteiger partial charge in [0.2, 0.25) is 0 Å². The predicted octanol–water partition coefficient (Wildman–Crippen LogP) is 10.3. The van der Waals surface area contributed by atoms with Gasteiger partial charge in [0.15, 0.2) is 0 Å². The number of ether oxygens (including phenoxy) is 1. The average Bonchev–Trinajstić information content (AvgIpc) is 3.26. The topological polar surface area (TPSA) is 35.3 Å². The molecule has 0 fully saturated rings. The first-order valence-electron chi connectivity index (χ1n) is 11.9. The van der Waals surface area contributed by atoms with Crippen molar-refractivity contribution in [1.82, 2.24) is 5.16 Å². The quantitative estimate of drug-likeness (QED) is 0.208. The van der Waals surface area contributed by atoms with Crippen molar-refractivity contribution in [3.8, 4) is 17.0 Å². The highest BCUT2D eigenvalue weighted by Gasteiger charge is 2.23. The Morgan fingerprint density at radius 3 is 2.22 bits per heavy atom. The lowest BCUT2D eigenvalue weighted by molar-refractivity contribution is 0.298. The van der Waals surface area contributed by atoms with E-state index in [2.05, 4.69) is 49.3 Å². The van der Waals surface area contributed by atoms with Gasteiger partial charge in [-0.15, -0.1) is 0 Å². The lowest BCUT2D eigenvalue weighted by Crippen LogP contribution is -2.01. The number of nitrogens with zero attached hydrogens (tertiary/aromatic N) is 1. The number of hydrogen-bond donors (Lipinski definition) is 0. The van der Waals surface area contributed by atoms with Crippen molar-refractivity contribution < 1.29 is 9.26 Å². The van der Waals surface area contributed by atoms with Crippen LogP contribution in [0.2, 0.25) is 15.1 Å². The molecule has 0 saturated carbocycles. The summed E-state index contributed by atoms with van der Waals surface area (Å²) in [5.74, 6) is 1.97. The molecule has 3 nitrogen and oxygen atoms in total. The first-order chi connectivity index (χ1) is 17.2. The molecular weight excluding hydrogens is 513 g/mol. The molecule has 3 aromatic carbocycles. The second-order valence-electron chi connectivity index (χ2n) is 9.26. The molecule has 36 heavy (non-hydrogen) atoms. The predicted molar refractivity (Wildman–Crippen MR) is 151 cm³/mol. The van der Waals surface area contributed by atoms with Crippen molar-refractivity contribution in [3.63, 3.8) is 0 Å². The van der Waals surface area contributed by atoms with Crippen molar-refractivity contribution >= 4 is 47.0 Å². The molecule has 4 aromatic rings. The maximum atomic E-state index is 6.59. The van der Waals surface area contributed by atoms with Gasteiger partial charge in [-0.3, -0.25) is 0 Å². The second kappa shape index (κ2) is 11.6. The number of rotatable bonds is 8. The van der Waals surface area contributed by atoms with Crippen LogP contribution in [0.1, 0.15) is 67.5 Å². The summed E-state index contributed by atoms with van der Waals surface area (Å²) < 4.78 is 11.8. The zero-order valence-corrected chi connectivity index (χ0v) is 23.0. The molecule has 0 aliphatic heterocycles. The summed E-state index contributed by atoms with van der Waals surface area (Å²) in [7, 11) is 0. The molecule has 0 bridgehead atoms. The van der Waals surface area contributed by atoms with Crippen LogP contribution in [0.3, 0.4) is 0 Å². The fourth-order valence-corrected chi connectivity index (χ4v) is 4.74. The van der Waals surface area contributed by atoms with Gasteiger partial charge in [0, 0.05) is 11.5 Å². The smallest absolute Gasteiger partial charge is 0.146 e. The van der Waals surface area contributed by atoms with Gasteiger partial charge >= 0.3 is 0 Å². The minimum Gasteiger partial charge on any atom is -0.489 e. The van der Waals surface area contributed by atoms with E-state index in [-0.39, 0.29) is 12.5 Å². The van der Waals surface area contributed by atoms with Crippen LogP contribution < -0.4 is 4.74 Å². The van der Waals surface area contributed by atoms with E-state index < -0.39 is 0 Å². The summed E-state index contributed by atoms with van der Waals surface area (Å²) in [6, 6.07) is 19.5. The summed E-state index contributed by atoms with van der Waals surface area (Å²) in [6.45, 7) is 8.69.